The van der Waals surface area contributed by atoms with Gasteiger partial charge in [0, 0.05) is 32.4 Å². The third kappa shape index (κ3) is 6.63. The van der Waals surface area contributed by atoms with Crippen LogP contribution in [-0.2, 0) is 13.0 Å². The molecule has 2 N–H and O–H groups in total. The summed E-state index contributed by atoms with van der Waals surface area (Å²) in [6, 6.07) is 12.0. The van der Waals surface area contributed by atoms with Crippen LogP contribution < -0.4 is 10.6 Å². The van der Waals surface area contributed by atoms with Crippen LogP contribution in [-0.4, -0.2) is 40.1 Å². The average Bonchev–Trinajstić information content (AvgIpc) is 3.10. The summed E-state index contributed by atoms with van der Waals surface area (Å²) in [7, 11) is 0. The van der Waals surface area contributed by atoms with Gasteiger partial charge in [-0.2, -0.15) is 0 Å². The van der Waals surface area contributed by atoms with Crippen molar-refractivity contribution in [2.75, 3.05) is 19.6 Å². The van der Waals surface area contributed by atoms with Crippen molar-refractivity contribution in [3.63, 3.8) is 0 Å². The van der Waals surface area contributed by atoms with Gasteiger partial charge in [0.2, 0.25) is 0 Å². The third-order valence-electron chi connectivity index (χ3n) is 4.19. The van der Waals surface area contributed by atoms with Gasteiger partial charge < -0.3 is 15.2 Å². The summed E-state index contributed by atoms with van der Waals surface area (Å²) >= 11 is 5.82. The molecule has 3 rings (SSSR count). The van der Waals surface area contributed by atoms with Gasteiger partial charge in [0.15, 0.2) is 5.96 Å². The third-order valence-corrected chi connectivity index (χ3v) is 4.42. The van der Waals surface area contributed by atoms with Crippen LogP contribution in [0.25, 0.3) is 11.0 Å². The number of aryl methyl sites for hydroxylation is 1. The Labute approximate surface area is 187 Å². The zero-order chi connectivity index (χ0) is 18.9. The fraction of sp³-hybridized carbons (Fsp3) is 0.350. The first-order valence-corrected chi connectivity index (χ1v) is 9.66. The fourth-order valence-electron chi connectivity index (χ4n) is 2.84. The van der Waals surface area contributed by atoms with Crippen molar-refractivity contribution in [3.8, 4) is 0 Å². The van der Waals surface area contributed by atoms with E-state index in [1.165, 1.54) is 5.52 Å². The molecule has 0 saturated carbocycles. The average molecular weight is 513 g/mol. The van der Waals surface area contributed by atoms with Gasteiger partial charge in [-0.3, -0.25) is 4.99 Å². The number of pyridine rings is 1. The molecule has 0 radical (unpaired) electrons. The SMILES string of the molecule is CCNC(=NCCCn1cnc2ccccc21)NCCc1ccc(Cl)nc1.I. The second-order valence-electron chi connectivity index (χ2n) is 6.21. The van der Waals surface area contributed by atoms with Crippen LogP contribution in [0, 0.1) is 0 Å². The van der Waals surface area contributed by atoms with Gasteiger partial charge in [0.25, 0.3) is 0 Å². The number of hydrogen-bond acceptors (Lipinski definition) is 3. The highest BCUT2D eigenvalue weighted by atomic mass is 127. The van der Waals surface area contributed by atoms with Gasteiger partial charge in [-0.15, -0.1) is 24.0 Å². The van der Waals surface area contributed by atoms with Gasteiger partial charge in [-0.05, 0) is 43.5 Å². The molecule has 0 unspecified atom stereocenters. The number of fused-ring (bicyclic) bond motifs is 1. The lowest BCUT2D eigenvalue weighted by Gasteiger charge is -2.11. The Morgan fingerprint density at radius 1 is 1.14 bits per heavy atom. The molecule has 0 amide bonds. The lowest BCUT2D eigenvalue weighted by Crippen LogP contribution is -2.38. The Morgan fingerprint density at radius 3 is 2.79 bits per heavy atom. The maximum Gasteiger partial charge on any atom is 0.191 e. The molecule has 0 bridgehead atoms. The molecule has 1 aromatic carbocycles. The molecule has 28 heavy (non-hydrogen) atoms. The minimum Gasteiger partial charge on any atom is -0.357 e. The molecule has 0 aliphatic heterocycles. The topological polar surface area (TPSA) is 67.1 Å². The highest BCUT2D eigenvalue weighted by Gasteiger charge is 2.02. The summed E-state index contributed by atoms with van der Waals surface area (Å²) in [5.41, 5.74) is 3.35. The number of nitrogens with one attached hydrogen (secondary N) is 2. The zero-order valence-corrected chi connectivity index (χ0v) is 19.0. The zero-order valence-electron chi connectivity index (χ0n) is 15.9. The van der Waals surface area contributed by atoms with Crippen molar-refractivity contribution in [2.45, 2.75) is 26.3 Å². The Balaban J connectivity index is 0.00000280. The van der Waals surface area contributed by atoms with Crippen molar-refractivity contribution in [3.05, 3.63) is 59.6 Å². The van der Waals surface area contributed by atoms with Crippen LogP contribution in [0.4, 0.5) is 0 Å². The molecular weight excluding hydrogens is 487 g/mol. The Bertz CT molecular complexity index is 878. The van der Waals surface area contributed by atoms with E-state index in [4.69, 9.17) is 11.6 Å². The second-order valence-corrected chi connectivity index (χ2v) is 6.59. The van der Waals surface area contributed by atoms with Crippen molar-refractivity contribution in [1.29, 1.82) is 0 Å². The molecule has 0 aliphatic rings. The monoisotopic (exact) mass is 512 g/mol. The minimum absolute atomic E-state index is 0. The molecule has 0 spiro atoms. The number of aromatic nitrogens is 3. The molecule has 3 aromatic rings. The van der Waals surface area contributed by atoms with Gasteiger partial charge in [0.1, 0.15) is 5.15 Å². The number of rotatable bonds is 8. The van der Waals surface area contributed by atoms with Crippen molar-refractivity contribution in [2.24, 2.45) is 4.99 Å². The first-order valence-electron chi connectivity index (χ1n) is 9.28. The number of nitrogens with zero attached hydrogens (tertiary/aromatic N) is 4. The summed E-state index contributed by atoms with van der Waals surface area (Å²) < 4.78 is 2.18. The number of guanidine groups is 1. The molecule has 0 atom stereocenters. The van der Waals surface area contributed by atoms with E-state index in [1.807, 2.05) is 42.9 Å². The highest BCUT2D eigenvalue weighted by molar-refractivity contribution is 14.0. The quantitative estimate of drug-likeness (QED) is 0.158. The summed E-state index contributed by atoms with van der Waals surface area (Å²) in [4.78, 5) is 13.2. The van der Waals surface area contributed by atoms with E-state index in [0.717, 1.165) is 56.1 Å². The summed E-state index contributed by atoms with van der Waals surface area (Å²) in [6.45, 7) is 5.35. The Morgan fingerprint density at radius 2 is 2.00 bits per heavy atom. The van der Waals surface area contributed by atoms with E-state index in [2.05, 4.69) is 43.2 Å². The molecule has 0 aliphatic carbocycles. The van der Waals surface area contributed by atoms with E-state index in [1.54, 1.807) is 0 Å². The standard InChI is InChI=1S/C20H25ClN6.HI/c1-2-22-20(24-12-10-16-8-9-19(21)25-14-16)23-11-5-13-27-15-26-17-6-3-4-7-18(17)27;/h3-4,6-9,14-15H,2,5,10-13H2,1H3,(H2,22,23,24);1H. The number of imidazole rings is 1. The number of halogens is 2. The summed E-state index contributed by atoms with van der Waals surface area (Å²) in [6.07, 6.45) is 5.54. The predicted octanol–water partition coefficient (Wildman–Crippen LogP) is 3.89. The van der Waals surface area contributed by atoms with Gasteiger partial charge in [-0.1, -0.05) is 29.8 Å². The Hall–Kier alpha value is -1.87. The number of hydrogen-bond donors (Lipinski definition) is 2. The maximum absolute atomic E-state index is 5.82. The van der Waals surface area contributed by atoms with Gasteiger partial charge in [0.05, 0.1) is 17.4 Å². The van der Waals surface area contributed by atoms with Crippen LogP contribution in [0.5, 0.6) is 0 Å². The van der Waals surface area contributed by atoms with E-state index < -0.39 is 0 Å². The molecule has 0 fully saturated rings. The smallest absolute Gasteiger partial charge is 0.191 e. The molecule has 8 heteroatoms. The number of aliphatic imine (C=N–C) groups is 1. The first kappa shape index (κ1) is 22.4. The van der Waals surface area contributed by atoms with E-state index >= 15 is 0 Å². The van der Waals surface area contributed by atoms with Crippen LogP contribution >= 0.6 is 35.6 Å². The van der Waals surface area contributed by atoms with E-state index in [-0.39, 0.29) is 24.0 Å². The van der Waals surface area contributed by atoms with Gasteiger partial charge >= 0.3 is 0 Å². The lowest BCUT2D eigenvalue weighted by atomic mass is 10.2. The highest BCUT2D eigenvalue weighted by Crippen LogP contribution is 2.12. The van der Waals surface area contributed by atoms with Crippen LogP contribution in [0.3, 0.4) is 0 Å². The van der Waals surface area contributed by atoms with Crippen LogP contribution in [0.15, 0.2) is 53.9 Å². The molecule has 2 heterocycles. The van der Waals surface area contributed by atoms with Crippen LogP contribution in [0.2, 0.25) is 5.15 Å². The molecule has 6 nitrogen and oxygen atoms in total. The number of benzene rings is 1. The van der Waals surface area contributed by atoms with Crippen molar-refractivity contribution >= 4 is 52.6 Å². The van der Waals surface area contributed by atoms with Crippen LogP contribution in [0.1, 0.15) is 18.9 Å². The summed E-state index contributed by atoms with van der Waals surface area (Å²) in [5.74, 6) is 0.843. The normalized spacial score (nSPS) is 11.3. The molecule has 150 valence electrons. The Kier molecular flexibility index (Phi) is 9.49. The fourth-order valence-corrected chi connectivity index (χ4v) is 2.95. The molecular formula is C20H26ClIN6. The second kappa shape index (κ2) is 11.9. The predicted molar refractivity (Wildman–Crippen MR) is 127 cm³/mol. The largest absolute Gasteiger partial charge is 0.357 e. The van der Waals surface area contributed by atoms with Crippen molar-refractivity contribution < 1.29 is 0 Å². The number of para-hydroxylation sites is 2. The first-order chi connectivity index (χ1) is 13.3. The van der Waals surface area contributed by atoms with Crippen molar-refractivity contribution in [1.82, 2.24) is 25.2 Å². The molecule has 0 saturated heterocycles. The maximum atomic E-state index is 5.82. The minimum atomic E-state index is 0. The lowest BCUT2D eigenvalue weighted by molar-refractivity contribution is 0.661. The van der Waals surface area contributed by atoms with E-state index in [9.17, 15) is 0 Å². The summed E-state index contributed by atoms with van der Waals surface area (Å²) in [5, 5.41) is 7.17. The molecule has 2 aromatic heterocycles. The van der Waals surface area contributed by atoms with Gasteiger partial charge in [-0.25, -0.2) is 9.97 Å². The van der Waals surface area contributed by atoms with E-state index in [0.29, 0.717) is 5.15 Å².